The molecule has 0 radical (unpaired) electrons. The van der Waals surface area contributed by atoms with Crippen molar-refractivity contribution in [3.8, 4) is 5.69 Å². The minimum Gasteiger partial charge on any atom is -0.369 e. The number of rotatable bonds is 2. The number of benzene rings is 1. The molecule has 2 aliphatic rings. The third-order valence-corrected chi connectivity index (χ3v) is 5.13. The monoisotopic (exact) mass is 350 g/mol. The number of hydrogen-bond acceptors (Lipinski definition) is 3. The van der Waals surface area contributed by atoms with E-state index in [0.717, 1.165) is 62.0 Å². The van der Waals surface area contributed by atoms with E-state index in [-0.39, 0.29) is 11.6 Å². The molecule has 4 nitrogen and oxygen atoms in total. The Labute approximate surface area is 144 Å². The molecule has 0 spiro atoms. The van der Waals surface area contributed by atoms with Gasteiger partial charge in [0.15, 0.2) is 0 Å². The van der Waals surface area contributed by atoms with Crippen LogP contribution in [-0.2, 0) is 12.6 Å². The average molecular weight is 350 g/mol. The number of likely N-dealkylation sites (N-methyl/N-ethyl adjacent to an activating group) is 1. The van der Waals surface area contributed by atoms with E-state index >= 15 is 0 Å². The Morgan fingerprint density at radius 2 is 2.04 bits per heavy atom. The zero-order valence-electron chi connectivity index (χ0n) is 14.1. The molecule has 2 aliphatic heterocycles. The van der Waals surface area contributed by atoms with E-state index in [1.807, 2.05) is 0 Å². The molecule has 0 saturated carbocycles. The van der Waals surface area contributed by atoms with Crippen molar-refractivity contribution in [1.82, 2.24) is 14.7 Å². The van der Waals surface area contributed by atoms with Gasteiger partial charge in [-0.15, -0.1) is 0 Å². The van der Waals surface area contributed by atoms with Gasteiger partial charge in [-0.3, -0.25) is 0 Å². The summed E-state index contributed by atoms with van der Waals surface area (Å²) in [4.78, 5) is 2.27. The lowest BCUT2D eigenvalue weighted by Crippen LogP contribution is -2.31. The summed E-state index contributed by atoms with van der Waals surface area (Å²) in [5, 5.41) is 7.90. The average Bonchev–Trinajstić information content (AvgIpc) is 3.16. The van der Waals surface area contributed by atoms with Gasteiger partial charge in [-0.2, -0.15) is 18.3 Å². The molecule has 3 heterocycles. The fourth-order valence-corrected chi connectivity index (χ4v) is 3.99. The topological polar surface area (TPSA) is 33.1 Å². The van der Waals surface area contributed by atoms with Gasteiger partial charge in [0.05, 0.1) is 16.9 Å². The Morgan fingerprint density at radius 3 is 2.80 bits per heavy atom. The third-order valence-electron chi connectivity index (χ3n) is 5.13. The smallest absolute Gasteiger partial charge is 0.369 e. The highest BCUT2D eigenvalue weighted by molar-refractivity contribution is 5.59. The fourth-order valence-electron chi connectivity index (χ4n) is 3.99. The largest absolute Gasteiger partial charge is 0.418 e. The van der Waals surface area contributed by atoms with Crippen LogP contribution in [-0.4, -0.2) is 41.4 Å². The maximum Gasteiger partial charge on any atom is 0.418 e. The van der Waals surface area contributed by atoms with Gasteiger partial charge in [0.2, 0.25) is 0 Å². The second kappa shape index (κ2) is 6.05. The van der Waals surface area contributed by atoms with Crippen LogP contribution in [0, 0.1) is 0 Å². The number of likely N-dealkylation sites (tertiary alicyclic amines) is 1. The molecule has 0 aliphatic carbocycles. The van der Waals surface area contributed by atoms with Gasteiger partial charge in [-0.25, -0.2) is 4.68 Å². The van der Waals surface area contributed by atoms with E-state index in [0.29, 0.717) is 0 Å². The molecule has 134 valence electrons. The van der Waals surface area contributed by atoms with Crippen LogP contribution in [0.5, 0.6) is 0 Å². The minimum atomic E-state index is -4.40. The van der Waals surface area contributed by atoms with Gasteiger partial charge >= 0.3 is 6.18 Å². The molecular weight excluding hydrogens is 329 g/mol. The third kappa shape index (κ3) is 2.90. The number of piperidine rings is 1. The van der Waals surface area contributed by atoms with E-state index in [4.69, 9.17) is 0 Å². The van der Waals surface area contributed by atoms with E-state index in [1.165, 1.54) is 16.8 Å². The predicted molar refractivity (Wildman–Crippen MR) is 90.2 cm³/mol. The SMILES string of the molecule is CN1CCCC(c2nn(-c3ccccc3C(F)(F)F)c3c2CCN3)C1. The molecule has 1 fully saturated rings. The quantitative estimate of drug-likeness (QED) is 0.897. The number of nitrogens with one attached hydrogen (secondary N) is 1. The summed E-state index contributed by atoms with van der Waals surface area (Å²) in [6.07, 6.45) is -1.46. The standard InChI is InChI=1S/C18H21F3N4/c1-24-10-4-5-12(11-24)16-13-8-9-22-17(13)25(23-16)15-7-3-2-6-14(15)18(19,20)21/h2-3,6-7,12,22H,4-5,8-11H2,1H3. The van der Waals surface area contributed by atoms with Crippen molar-refractivity contribution in [2.45, 2.75) is 31.4 Å². The zero-order valence-corrected chi connectivity index (χ0v) is 14.1. The van der Waals surface area contributed by atoms with Gasteiger partial charge in [0, 0.05) is 24.6 Å². The molecular formula is C18H21F3N4. The number of alkyl halides is 3. The molecule has 2 aromatic rings. The Balaban J connectivity index is 1.82. The lowest BCUT2D eigenvalue weighted by Gasteiger charge is -2.29. The highest BCUT2D eigenvalue weighted by atomic mass is 19.4. The second-order valence-electron chi connectivity index (χ2n) is 6.92. The summed E-state index contributed by atoms with van der Waals surface area (Å²) < 4.78 is 41.8. The van der Waals surface area contributed by atoms with Crippen LogP contribution in [0.4, 0.5) is 19.0 Å². The minimum absolute atomic E-state index is 0.0936. The second-order valence-corrected chi connectivity index (χ2v) is 6.92. The molecule has 1 saturated heterocycles. The molecule has 1 aromatic carbocycles. The summed E-state index contributed by atoms with van der Waals surface area (Å²) in [5.74, 6) is 1.01. The summed E-state index contributed by atoms with van der Waals surface area (Å²) in [7, 11) is 2.08. The molecule has 1 atom stereocenters. The summed E-state index contributed by atoms with van der Waals surface area (Å²) in [5.41, 5.74) is 1.48. The van der Waals surface area contributed by atoms with E-state index in [9.17, 15) is 13.2 Å². The normalized spacial score (nSPS) is 21.2. The van der Waals surface area contributed by atoms with Crippen molar-refractivity contribution in [2.24, 2.45) is 0 Å². The number of aromatic nitrogens is 2. The Bertz CT molecular complexity index is 781. The Morgan fingerprint density at radius 1 is 1.24 bits per heavy atom. The Kier molecular flexibility index (Phi) is 3.98. The van der Waals surface area contributed by atoms with E-state index in [1.54, 1.807) is 6.07 Å². The van der Waals surface area contributed by atoms with E-state index < -0.39 is 11.7 Å². The first-order chi connectivity index (χ1) is 11.9. The van der Waals surface area contributed by atoms with Gasteiger partial charge in [-0.05, 0) is 45.0 Å². The summed E-state index contributed by atoms with van der Waals surface area (Å²) >= 11 is 0. The maximum atomic E-state index is 13.4. The zero-order chi connectivity index (χ0) is 17.6. The van der Waals surface area contributed by atoms with Crippen LogP contribution in [0.2, 0.25) is 0 Å². The van der Waals surface area contributed by atoms with Crippen LogP contribution in [0.1, 0.15) is 35.6 Å². The predicted octanol–water partition coefficient (Wildman–Crippen LogP) is 3.67. The van der Waals surface area contributed by atoms with Crippen molar-refractivity contribution in [1.29, 1.82) is 0 Å². The fraction of sp³-hybridized carbons (Fsp3) is 0.500. The number of halogens is 3. The number of fused-ring (bicyclic) bond motifs is 1. The highest BCUT2D eigenvalue weighted by Crippen LogP contribution is 2.39. The first kappa shape index (κ1) is 16.4. The van der Waals surface area contributed by atoms with Gasteiger partial charge in [0.25, 0.3) is 0 Å². The van der Waals surface area contributed by atoms with Crippen LogP contribution in [0.3, 0.4) is 0 Å². The van der Waals surface area contributed by atoms with E-state index in [2.05, 4.69) is 22.4 Å². The maximum absolute atomic E-state index is 13.4. The first-order valence-corrected chi connectivity index (χ1v) is 8.66. The van der Waals surface area contributed by atoms with Crippen LogP contribution in [0.15, 0.2) is 24.3 Å². The van der Waals surface area contributed by atoms with Crippen molar-refractivity contribution in [2.75, 3.05) is 32.0 Å². The lowest BCUT2D eigenvalue weighted by atomic mass is 9.92. The van der Waals surface area contributed by atoms with Crippen molar-refractivity contribution < 1.29 is 13.2 Å². The lowest BCUT2D eigenvalue weighted by molar-refractivity contribution is -0.137. The van der Waals surface area contributed by atoms with Gasteiger partial charge in [-0.1, -0.05) is 12.1 Å². The van der Waals surface area contributed by atoms with Crippen LogP contribution in [0.25, 0.3) is 5.69 Å². The summed E-state index contributed by atoms with van der Waals surface area (Å²) in [6.45, 7) is 2.72. The first-order valence-electron chi connectivity index (χ1n) is 8.66. The number of anilines is 1. The van der Waals surface area contributed by atoms with Crippen LogP contribution >= 0.6 is 0 Å². The molecule has 1 aromatic heterocycles. The molecule has 1 N–H and O–H groups in total. The number of nitrogens with zero attached hydrogens (tertiary/aromatic N) is 3. The molecule has 0 amide bonds. The van der Waals surface area contributed by atoms with Crippen LogP contribution < -0.4 is 5.32 Å². The molecule has 1 unspecified atom stereocenters. The molecule has 7 heteroatoms. The Hall–Kier alpha value is -2.02. The molecule has 0 bridgehead atoms. The summed E-state index contributed by atoms with van der Waals surface area (Å²) in [6, 6.07) is 5.65. The number of hydrogen-bond donors (Lipinski definition) is 1. The van der Waals surface area contributed by atoms with Crippen molar-refractivity contribution in [3.05, 3.63) is 41.1 Å². The molecule has 25 heavy (non-hydrogen) atoms. The molecule has 4 rings (SSSR count). The van der Waals surface area contributed by atoms with Crippen molar-refractivity contribution in [3.63, 3.8) is 0 Å². The number of para-hydroxylation sites is 1. The highest BCUT2D eigenvalue weighted by Gasteiger charge is 2.36. The van der Waals surface area contributed by atoms with Gasteiger partial charge < -0.3 is 10.2 Å². The van der Waals surface area contributed by atoms with Crippen molar-refractivity contribution >= 4 is 5.82 Å². The van der Waals surface area contributed by atoms with Gasteiger partial charge in [0.1, 0.15) is 5.82 Å².